The predicted octanol–water partition coefficient (Wildman–Crippen LogP) is 3.90. The molecule has 0 aliphatic heterocycles. The van der Waals surface area contributed by atoms with Crippen molar-refractivity contribution in [3.63, 3.8) is 0 Å². The largest absolute Gasteiger partial charge is 0.494 e. The van der Waals surface area contributed by atoms with E-state index in [0.717, 1.165) is 22.4 Å². The van der Waals surface area contributed by atoms with Crippen molar-refractivity contribution in [1.29, 1.82) is 0 Å². The van der Waals surface area contributed by atoms with E-state index in [0.29, 0.717) is 34.5 Å². The average molecular weight is 453 g/mol. The molecule has 0 saturated heterocycles. The maximum atomic E-state index is 12.5. The highest BCUT2D eigenvalue weighted by atomic mass is 16.5. The smallest absolute Gasteiger partial charge is 0.342 e. The van der Waals surface area contributed by atoms with E-state index in [-0.39, 0.29) is 6.61 Å². The van der Waals surface area contributed by atoms with Crippen molar-refractivity contribution in [2.45, 2.75) is 0 Å². The number of benzene rings is 2. The maximum absolute atomic E-state index is 12.5. The van der Waals surface area contributed by atoms with Crippen LogP contribution in [0.15, 0.2) is 67.0 Å². The molecule has 0 fully saturated rings. The van der Waals surface area contributed by atoms with Crippen LogP contribution in [0, 0.1) is 11.8 Å². The lowest BCUT2D eigenvalue weighted by molar-refractivity contribution is 0.0599. The molecule has 0 atom stereocenters. The quantitative estimate of drug-likeness (QED) is 0.338. The van der Waals surface area contributed by atoms with Crippen molar-refractivity contribution in [3.05, 3.63) is 83.7 Å². The SMILES string of the molecule is COC(=O)c1c(OC)c(-c2ccc(C#Cc3ccc(NCCO)cc3)cc2)nc2ccncc12. The molecule has 0 unspecified atom stereocenters. The highest BCUT2D eigenvalue weighted by Gasteiger charge is 2.23. The Morgan fingerprint density at radius 3 is 2.29 bits per heavy atom. The fourth-order valence-electron chi connectivity index (χ4n) is 3.52. The molecule has 4 aromatic rings. The number of pyridine rings is 2. The van der Waals surface area contributed by atoms with Gasteiger partial charge < -0.3 is 19.9 Å². The molecule has 0 spiro atoms. The first kappa shape index (κ1) is 22.8. The number of aliphatic hydroxyl groups is 1. The Morgan fingerprint density at radius 2 is 1.68 bits per heavy atom. The third-order valence-corrected chi connectivity index (χ3v) is 5.17. The number of hydrogen-bond donors (Lipinski definition) is 2. The number of carbonyl (C=O) groups excluding carboxylic acids is 1. The van der Waals surface area contributed by atoms with E-state index in [4.69, 9.17) is 19.6 Å². The van der Waals surface area contributed by atoms with Gasteiger partial charge in [0.1, 0.15) is 11.3 Å². The van der Waals surface area contributed by atoms with Gasteiger partial charge in [-0.25, -0.2) is 9.78 Å². The highest BCUT2D eigenvalue weighted by Crippen LogP contribution is 2.36. The normalized spacial score (nSPS) is 10.3. The number of hydrogen-bond acceptors (Lipinski definition) is 7. The van der Waals surface area contributed by atoms with Crippen molar-refractivity contribution >= 4 is 22.6 Å². The fraction of sp³-hybridized carbons (Fsp3) is 0.148. The molecule has 0 aliphatic carbocycles. The molecule has 0 aliphatic rings. The van der Waals surface area contributed by atoms with Gasteiger partial charge >= 0.3 is 5.97 Å². The summed E-state index contributed by atoms with van der Waals surface area (Å²) < 4.78 is 10.6. The first-order valence-electron chi connectivity index (χ1n) is 10.6. The summed E-state index contributed by atoms with van der Waals surface area (Å²) in [5.74, 6) is 6.12. The summed E-state index contributed by atoms with van der Waals surface area (Å²) >= 11 is 0. The number of nitrogens with zero attached hydrogens (tertiary/aromatic N) is 2. The molecule has 2 heterocycles. The number of aromatic nitrogens is 2. The van der Waals surface area contributed by atoms with Crippen LogP contribution >= 0.6 is 0 Å². The summed E-state index contributed by atoms with van der Waals surface area (Å²) in [5, 5.41) is 12.6. The average Bonchev–Trinajstić information content (AvgIpc) is 2.90. The summed E-state index contributed by atoms with van der Waals surface area (Å²) in [5.41, 5.74) is 4.88. The second-order valence-corrected chi connectivity index (χ2v) is 7.31. The highest BCUT2D eigenvalue weighted by molar-refractivity contribution is 6.07. The van der Waals surface area contributed by atoms with Crippen LogP contribution in [-0.4, -0.2) is 48.4 Å². The molecule has 0 saturated carbocycles. The lowest BCUT2D eigenvalue weighted by atomic mass is 10.0. The van der Waals surface area contributed by atoms with Crippen LogP contribution in [0.2, 0.25) is 0 Å². The minimum Gasteiger partial charge on any atom is -0.494 e. The third-order valence-electron chi connectivity index (χ3n) is 5.17. The summed E-state index contributed by atoms with van der Waals surface area (Å²) in [4.78, 5) is 21.4. The predicted molar refractivity (Wildman–Crippen MR) is 131 cm³/mol. The van der Waals surface area contributed by atoms with Gasteiger partial charge in [-0.3, -0.25) is 4.98 Å². The first-order chi connectivity index (χ1) is 16.6. The van der Waals surface area contributed by atoms with Gasteiger partial charge in [-0.05, 0) is 42.5 Å². The molecule has 7 nitrogen and oxygen atoms in total. The number of aliphatic hydroxyl groups excluding tert-OH is 1. The zero-order valence-corrected chi connectivity index (χ0v) is 18.8. The van der Waals surface area contributed by atoms with Gasteiger partial charge in [-0.15, -0.1) is 0 Å². The number of methoxy groups -OCH3 is 2. The van der Waals surface area contributed by atoms with Crippen LogP contribution in [0.1, 0.15) is 21.5 Å². The first-order valence-corrected chi connectivity index (χ1v) is 10.6. The van der Waals surface area contributed by atoms with Gasteiger partial charge in [-0.1, -0.05) is 24.0 Å². The molecule has 2 aromatic heterocycles. The van der Waals surface area contributed by atoms with Crippen LogP contribution < -0.4 is 10.1 Å². The Bertz CT molecular complexity index is 1370. The van der Waals surface area contributed by atoms with Crippen LogP contribution in [0.3, 0.4) is 0 Å². The number of fused-ring (bicyclic) bond motifs is 1. The third kappa shape index (κ3) is 4.82. The van der Waals surface area contributed by atoms with Crippen LogP contribution in [-0.2, 0) is 4.74 Å². The van der Waals surface area contributed by atoms with Gasteiger partial charge in [0.2, 0.25) is 0 Å². The minimum absolute atomic E-state index is 0.0827. The molecule has 0 amide bonds. The number of nitrogens with one attached hydrogen (secondary N) is 1. The molecule has 0 bridgehead atoms. The Morgan fingerprint density at radius 1 is 1.00 bits per heavy atom. The summed E-state index contributed by atoms with van der Waals surface area (Å²) in [6.07, 6.45) is 3.20. The van der Waals surface area contributed by atoms with Crippen molar-refractivity contribution < 1.29 is 19.4 Å². The van der Waals surface area contributed by atoms with Crippen LogP contribution in [0.5, 0.6) is 5.75 Å². The fourth-order valence-corrected chi connectivity index (χ4v) is 3.52. The molecular weight excluding hydrogens is 430 g/mol. The number of anilines is 1. The Labute approximate surface area is 197 Å². The van der Waals surface area contributed by atoms with E-state index in [2.05, 4.69) is 22.1 Å². The summed E-state index contributed by atoms with van der Waals surface area (Å²) in [7, 11) is 2.83. The molecule has 0 radical (unpaired) electrons. The van der Waals surface area contributed by atoms with E-state index < -0.39 is 5.97 Å². The lowest BCUT2D eigenvalue weighted by Gasteiger charge is -2.14. The van der Waals surface area contributed by atoms with E-state index in [1.165, 1.54) is 14.2 Å². The monoisotopic (exact) mass is 453 g/mol. The Balaban J connectivity index is 1.65. The van der Waals surface area contributed by atoms with Crippen molar-refractivity contribution in [3.8, 4) is 28.8 Å². The number of esters is 1. The van der Waals surface area contributed by atoms with Gasteiger partial charge in [0.25, 0.3) is 0 Å². The van der Waals surface area contributed by atoms with Gasteiger partial charge in [-0.2, -0.15) is 0 Å². The number of carbonyl (C=O) groups is 1. The van der Waals surface area contributed by atoms with Gasteiger partial charge in [0.15, 0.2) is 5.75 Å². The number of rotatable bonds is 6. The topological polar surface area (TPSA) is 93.6 Å². The Kier molecular flexibility index (Phi) is 7.01. The molecule has 34 heavy (non-hydrogen) atoms. The summed E-state index contributed by atoms with van der Waals surface area (Å²) in [6, 6.07) is 17.0. The van der Waals surface area contributed by atoms with Gasteiger partial charge in [0.05, 0.1) is 26.3 Å². The minimum atomic E-state index is -0.515. The maximum Gasteiger partial charge on any atom is 0.342 e. The van der Waals surface area contributed by atoms with Gasteiger partial charge in [0, 0.05) is 46.7 Å². The van der Waals surface area contributed by atoms with E-state index >= 15 is 0 Å². The van der Waals surface area contributed by atoms with Crippen molar-refractivity contribution in [2.75, 3.05) is 32.7 Å². The van der Waals surface area contributed by atoms with E-state index in [1.54, 1.807) is 18.5 Å². The van der Waals surface area contributed by atoms with Crippen molar-refractivity contribution in [1.82, 2.24) is 9.97 Å². The lowest BCUT2D eigenvalue weighted by Crippen LogP contribution is -2.08. The Hall–Kier alpha value is -4.41. The zero-order valence-electron chi connectivity index (χ0n) is 18.8. The van der Waals surface area contributed by atoms with E-state index in [9.17, 15) is 4.79 Å². The molecule has 2 N–H and O–H groups in total. The van der Waals surface area contributed by atoms with Crippen LogP contribution in [0.4, 0.5) is 5.69 Å². The van der Waals surface area contributed by atoms with Crippen molar-refractivity contribution in [2.24, 2.45) is 0 Å². The molecule has 7 heteroatoms. The second-order valence-electron chi connectivity index (χ2n) is 7.31. The van der Waals surface area contributed by atoms with Crippen LogP contribution in [0.25, 0.3) is 22.2 Å². The van der Waals surface area contributed by atoms with E-state index in [1.807, 2.05) is 48.5 Å². The number of ether oxygens (including phenoxy) is 2. The second kappa shape index (κ2) is 10.5. The zero-order chi connectivity index (χ0) is 23.9. The summed E-state index contributed by atoms with van der Waals surface area (Å²) in [6.45, 7) is 0.589. The molecule has 2 aromatic carbocycles. The molecule has 4 rings (SSSR count). The standard InChI is InChI=1S/C27H23N3O4/c1-33-26-24(27(32)34-2)22-17-28-14-13-23(22)30-25(26)20-9-5-18(6-10-20)3-4-19-7-11-21(12-8-19)29-15-16-31/h5-14,17,29,31H,15-16H2,1-2H3. The molecular formula is C27H23N3O4. The molecule has 170 valence electrons.